The molecule has 1 saturated heterocycles. The SMILES string of the molecule is Cc1ccc(C(=O)N2CCN(C(=O)CSc3nc4ccc([N+](=O)[O-])cc4[nH]3)C2)cc1. The van der Waals surface area contributed by atoms with Gasteiger partial charge in [0, 0.05) is 30.8 Å². The molecule has 0 bridgehead atoms. The van der Waals surface area contributed by atoms with E-state index in [4.69, 9.17) is 0 Å². The van der Waals surface area contributed by atoms with E-state index in [1.54, 1.807) is 28.0 Å². The summed E-state index contributed by atoms with van der Waals surface area (Å²) in [4.78, 5) is 46.2. The lowest BCUT2D eigenvalue weighted by molar-refractivity contribution is -0.384. The summed E-state index contributed by atoms with van der Waals surface area (Å²) >= 11 is 1.23. The summed E-state index contributed by atoms with van der Waals surface area (Å²) in [7, 11) is 0. The number of H-pyrrole nitrogens is 1. The standard InChI is InChI=1S/C20H19N5O4S/c1-13-2-4-14(5-3-13)19(27)24-9-8-23(12-24)18(26)11-30-20-21-16-7-6-15(25(28)29)10-17(16)22-20/h2-7,10H,8-9,11-12H2,1H3,(H,21,22). The zero-order chi connectivity index (χ0) is 21.3. The lowest BCUT2D eigenvalue weighted by Crippen LogP contribution is -2.34. The molecule has 1 fully saturated rings. The average molecular weight is 425 g/mol. The lowest BCUT2D eigenvalue weighted by atomic mass is 10.1. The first kappa shape index (κ1) is 19.9. The summed E-state index contributed by atoms with van der Waals surface area (Å²) in [6, 6.07) is 11.8. The zero-order valence-electron chi connectivity index (χ0n) is 16.2. The largest absolute Gasteiger partial charge is 0.333 e. The molecule has 3 aromatic rings. The molecule has 0 atom stereocenters. The van der Waals surface area contributed by atoms with Gasteiger partial charge in [0.2, 0.25) is 5.91 Å². The molecular formula is C20H19N5O4S. The van der Waals surface area contributed by atoms with E-state index in [9.17, 15) is 19.7 Å². The molecule has 0 aliphatic carbocycles. The Labute approximate surface area is 176 Å². The predicted molar refractivity (Wildman–Crippen MR) is 112 cm³/mol. The molecule has 1 aliphatic heterocycles. The first-order chi connectivity index (χ1) is 14.4. The van der Waals surface area contributed by atoms with Crippen LogP contribution in [0.25, 0.3) is 11.0 Å². The Kier molecular flexibility index (Phi) is 5.40. The Bertz CT molecular complexity index is 1130. The number of nitrogens with one attached hydrogen (secondary N) is 1. The molecule has 9 nitrogen and oxygen atoms in total. The number of thioether (sulfide) groups is 1. The van der Waals surface area contributed by atoms with E-state index in [2.05, 4.69) is 9.97 Å². The van der Waals surface area contributed by atoms with E-state index in [1.807, 2.05) is 19.1 Å². The minimum Gasteiger partial charge on any atom is -0.333 e. The molecule has 2 aromatic carbocycles. The van der Waals surface area contributed by atoms with Crippen LogP contribution in [0.5, 0.6) is 0 Å². The molecular weight excluding hydrogens is 406 g/mol. The van der Waals surface area contributed by atoms with Gasteiger partial charge in [-0.1, -0.05) is 29.5 Å². The van der Waals surface area contributed by atoms with Crippen molar-refractivity contribution in [3.8, 4) is 0 Å². The van der Waals surface area contributed by atoms with Crippen LogP contribution in [0.4, 0.5) is 5.69 Å². The second kappa shape index (κ2) is 8.15. The second-order valence-corrected chi connectivity index (χ2v) is 7.99. The monoisotopic (exact) mass is 425 g/mol. The first-order valence-corrected chi connectivity index (χ1v) is 10.3. The number of non-ortho nitro benzene ring substituents is 1. The number of benzene rings is 2. The molecule has 0 spiro atoms. The number of hydrogen-bond donors (Lipinski definition) is 1. The van der Waals surface area contributed by atoms with Crippen molar-refractivity contribution in [3.05, 3.63) is 63.7 Å². The first-order valence-electron chi connectivity index (χ1n) is 9.31. The van der Waals surface area contributed by atoms with Crippen molar-refractivity contribution >= 4 is 40.3 Å². The van der Waals surface area contributed by atoms with Crippen molar-refractivity contribution in [1.82, 2.24) is 19.8 Å². The smallest absolute Gasteiger partial charge is 0.271 e. The van der Waals surface area contributed by atoms with E-state index in [-0.39, 0.29) is 29.9 Å². The van der Waals surface area contributed by atoms with Gasteiger partial charge in [0.05, 0.1) is 28.4 Å². The number of aromatic amines is 1. The van der Waals surface area contributed by atoms with E-state index >= 15 is 0 Å². The average Bonchev–Trinajstić information content (AvgIpc) is 3.38. The van der Waals surface area contributed by atoms with Crippen LogP contribution in [0.1, 0.15) is 15.9 Å². The molecule has 0 radical (unpaired) electrons. The summed E-state index contributed by atoms with van der Waals surface area (Å²) in [6.07, 6.45) is 0. The van der Waals surface area contributed by atoms with Gasteiger partial charge < -0.3 is 14.8 Å². The van der Waals surface area contributed by atoms with E-state index in [1.165, 1.54) is 23.9 Å². The van der Waals surface area contributed by atoms with Crippen molar-refractivity contribution in [2.24, 2.45) is 0 Å². The van der Waals surface area contributed by atoms with Gasteiger partial charge in [0.15, 0.2) is 5.16 Å². The number of aryl methyl sites for hydroxylation is 1. The predicted octanol–water partition coefficient (Wildman–Crippen LogP) is 2.81. The van der Waals surface area contributed by atoms with Crippen LogP contribution in [-0.4, -0.2) is 62.0 Å². The fraction of sp³-hybridized carbons (Fsp3) is 0.250. The van der Waals surface area contributed by atoms with Gasteiger partial charge in [-0.2, -0.15) is 0 Å². The van der Waals surface area contributed by atoms with Gasteiger partial charge >= 0.3 is 0 Å². The van der Waals surface area contributed by atoms with Gasteiger partial charge in [0.1, 0.15) is 0 Å². The number of fused-ring (bicyclic) bond motifs is 1. The normalized spacial score (nSPS) is 13.8. The number of nitro groups is 1. The second-order valence-electron chi connectivity index (χ2n) is 7.02. The number of nitrogens with zero attached hydrogens (tertiary/aromatic N) is 4. The molecule has 0 saturated carbocycles. The number of imidazole rings is 1. The van der Waals surface area contributed by atoms with Crippen molar-refractivity contribution < 1.29 is 14.5 Å². The fourth-order valence-corrected chi connectivity index (χ4v) is 4.00. The van der Waals surface area contributed by atoms with Crippen LogP contribution < -0.4 is 0 Å². The van der Waals surface area contributed by atoms with Gasteiger partial charge in [-0.15, -0.1) is 0 Å². The lowest BCUT2D eigenvalue weighted by Gasteiger charge is -2.18. The zero-order valence-corrected chi connectivity index (χ0v) is 17.0. The van der Waals surface area contributed by atoms with Crippen molar-refractivity contribution in [3.63, 3.8) is 0 Å². The minimum atomic E-state index is -0.465. The maximum absolute atomic E-state index is 12.6. The molecule has 1 aliphatic rings. The van der Waals surface area contributed by atoms with E-state index in [0.717, 1.165) is 5.56 Å². The molecule has 1 N–H and O–H groups in total. The van der Waals surface area contributed by atoms with Gasteiger partial charge in [-0.25, -0.2) is 4.98 Å². The van der Waals surface area contributed by atoms with Gasteiger partial charge in [0.25, 0.3) is 11.6 Å². The molecule has 1 aromatic heterocycles. The highest BCUT2D eigenvalue weighted by molar-refractivity contribution is 7.99. The molecule has 2 heterocycles. The maximum Gasteiger partial charge on any atom is 0.271 e. The van der Waals surface area contributed by atoms with E-state index < -0.39 is 4.92 Å². The van der Waals surface area contributed by atoms with Crippen molar-refractivity contribution in [1.29, 1.82) is 0 Å². The number of hydrogen-bond acceptors (Lipinski definition) is 6. The highest BCUT2D eigenvalue weighted by atomic mass is 32.2. The van der Waals surface area contributed by atoms with Crippen LogP contribution in [-0.2, 0) is 4.79 Å². The van der Waals surface area contributed by atoms with Crippen LogP contribution in [0.3, 0.4) is 0 Å². The van der Waals surface area contributed by atoms with Crippen LogP contribution in [0.2, 0.25) is 0 Å². The molecule has 0 unspecified atom stereocenters. The summed E-state index contributed by atoms with van der Waals surface area (Å²) < 4.78 is 0. The number of rotatable bonds is 5. The molecule has 2 amide bonds. The van der Waals surface area contributed by atoms with Gasteiger partial charge in [-0.05, 0) is 25.1 Å². The Hall–Kier alpha value is -3.40. The Morgan fingerprint density at radius 2 is 1.90 bits per heavy atom. The summed E-state index contributed by atoms with van der Waals surface area (Å²) in [5.74, 6) is -0.0171. The highest BCUT2D eigenvalue weighted by Crippen LogP contribution is 2.24. The van der Waals surface area contributed by atoms with Crippen molar-refractivity contribution in [2.75, 3.05) is 25.5 Å². The summed E-state index contributed by atoms with van der Waals surface area (Å²) in [5.41, 5.74) is 2.83. The Morgan fingerprint density at radius 1 is 1.17 bits per heavy atom. The third-order valence-corrected chi connectivity index (χ3v) is 5.76. The molecule has 30 heavy (non-hydrogen) atoms. The minimum absolute atomic E-state index is 0.0193. The number of carbonyl (C=O) groups excluding carboxylic acids is 2. The number of carbonyl (C=O) groups is 2. The quantitative estimate of drug-likeness (QED) is 0.382. The summed E-state index contributed by atoms with van der Waals surface area (Å²) in [5, 5.41) is 11.4. The van der Waals surface area contributed by atoms with Crippen LogP contribution in [0, 0.1) is 17.0 Å². The Morgan fingerprint density at radius 3 is 2.63 bits per heavy atom. The number of aromatic nitrogens is 2. The number of nitro benzene ring substituents is 1. The van der Waals surface area contributed by atoms with Crippen LogP contribution >= 0.6 is 11.8 Å². The van der Waals surface area contributed by atoms with E-state index in [0.29, 0.717) is 34.8 Å². The Balaban J connectivity index is 1.34. The molecule has 154 valence electrons. The molecule has 10 heteroatoms. The van der Waals surface area contributed by atoms with Gasteiger partial charge in [-0.3, -0.25) is 19.7 Å². The fourth-order valence-electron chi connectivity index (χ4n) is 3.21. The highest BCUT2D eigenvalue weighted by Gasteiger charge is 2.28. The third kappa shape index (κ3) is 4.13. The number of amides is 2. The molecule has 4 rings (SSSR count). The van der Waals surface area contributed by atoms with Crippen LogP contribution in [0.15, 0.2) is 47.6 Å². The summed E-state index contributed by atoms with van der Waals surface area (Å²) in [6.45, 7) is 3.21. The third-order valence-electron chi connectivity index (χ3n) is 4.91. The van der Waals surface area contributed by atoms with Crippen molar-refractivity contribution in [2.45, 2.75) is 12.1 Å². The maximum atomic E-state index is 12.6. The topological polar surface area (TPSA) is 112 Å².